The average molecular weight is 427 g/mol. The fourth-order valence-corrected chi connectivity index (χ4v) is 3.88. The number of amides is 1. The molecule has 6 nitrogen and oxygen atoms in total. The first kappa shape index (κ1) is 22.5. The van der Waals surface area contributed by atoms with Gasteiger partial charge in [0.25, 0.3) is 11.7 Å². The molecule has 0 spiro atoms. The van der Waals surface area contributed by atoms with E-state index in [1.165, 1.54) is 21.9 Å². The van der Waals surface area contributed by atoms with Gasteiger partial charge in [-0.05, 0) is 48.4 Å². The number of ketones is 1. The van der Waals surface area contributed by atoms with Gasteiger partial charge in [-0.1, -0.05) is 12.1 Å². The molecule has 31 heavy (non-hydrogen) atoms. The summed E-state index contributed by atoms with van der Waals surface area (Å²) in [6, 6.07) is 9.99. The molecule has 1 aliphatic heterocycles. The van der Waals surface area contributed by atoms with Gasteiger partial charge in [-0.25, -0.2) is 4.39 Å². The van der Waals surface area contributed by atoms with E-state index in [0.717, 1.165) is 6.54 Å². The Morgan fingerprint density at radius 3 is 2.42 bits per heavy atom. The first-order valence-corrected chi connectivity index (χ1v) is 10.2. The lowest BCUT2D eigenvalue weighted by atomic mass is 9.94. The van der Waals surface area contributed by atoms with Crippen molar-refractivity contribution >= 4 is 17.4 Å². The largest absolute Gasteiger partial charge is 0.507 e. The minimum absolute atomic E-state index is 0.0158. The third-order valence-corrected chi connectivity index (χ3v) is 5.49. The van der Waals surface area contributed by atoms with Crippen LogP contribution in [0.2, 0.25) is 0 Å². The predicted octanol–water partition coefficient (Wildman–Crippen LogP) is 2.10. The van der Waals surface area contributed by atoms with Gasteiger partial charge in [0.1, 0.15) is 17.3 Å². The first-order chi connectivity index (χ1) is 14.7. The maximum atomic E-state index is 13.5. The second kappa shape index (κ2) is 9.31. The number of carbonyl (C=O) groups excluding carboxylic acids is 2. The zero-order chi connectivity index (χ0) is 22.7. The summed E-state index contributed by atoms with van der Waals surface area (Å²) in [6.45, 7) is 2.97. The number of ether oxygens (including phenoxy) is 1. The van der Waals surface area contributed by atoms with Gasteiger partial charge in [0, 0.05) is 18.5 Å². The van der Waals surface area contributed by atoms with E-state index in [1.807, 2.05) is 14.1 Å². The summed E-state index contributed by atoms with van der Waals surface area (Å²) in [5, 5.41) is 11.1. The normalized spacial score (nSPS) is 18.1. The number of aryl methyl sites for hydroxylation is 1. The van der Waals surface area contributed by atoms with Crippen molar-refractivity contribution < 1.29 is 28.7 Å². The van der Waals surface area contributed by atoms with Crippen LogP contribution in [0.15, 0.2) is 48.0 Å². The smallest absolute Gasteiger partial charge is 0.295 e. The number of halogens is 1. The van der Waals surface area contributed by atoms with Crippen molar-refractivity contribution in [3.05, 3.63) is 70.5 Å². The lowest BCUT2D eigenvalue weighted by Gasteiger charge is -2.25. The number of quaternary nitrogens is 1. The number of nitrogens with zero attached hydrogens (tertiary/aromatic N) is 1. The SMILES string of the molecule is COc1ccc(/C(O)=C2\C(=O)C(=O)N(CCC[NH+](C)C)[C@H]2c2ccc(F)cc2)c(C)c1. The van der Waals surface area contributed by atoms with Gasteiger partial charge >= 0.3 is 0 Å². The fourth-order valence-electron chi connectivity index (χ4n) is 3.88. The number of methoxy groups -OCH3 is 1. The Bertz CT molecular complexity index is 1010. The van der Waals surface area contributed by atoms with Crippen molar-refractivity contribution in [2.45, 2.75) is 19.4 Å². The van der Waals surface area contributed by atoms with E-state index in [1.54, 1.807) is 44.4 Å². The van der Waals surface area contributed by atoms with Crippen LogP contribution in [0.5, 0.6) is 5.75 Å². The summed E-state index contributed by atoms with van der Waals surface area (Å²) in [5.41, 5.74) is 1.74. The minimum Gasteiger partial charge on any atom is -0.507 e. The number of rotatable bonds is 7. The molecule has 2 aromatic carbocycles. The van der Waals surface area contributed by atoms with Gasteiger partial charge in [0.05, 0.1) is 39.4 Å². The highest BCUT2D eigenvalue weighted by atomic mass is 19.1. The van der Waals surface area contributed by atoms with Gasteiger partial charge in [-0.2, -0.15) is 0 Å². The Kier molecular flexibility index (Phi) is 6.75. The van der Waals surface area contributed by atoms with Gasteiger partial charge in [0.15, 0.2) is 0 Å². The summed E-state index contributed by atoms with van der Waals surface area (Å²) in [5.74, 6) is -1.43. The molecule has 0 radical (unpaired) electrons. The summed E-state index contributed by atoms with van der Waals surface area (Å²) in [4.78, 5) is 28.6. The van der Waals surface area contributed by atoms with Crippen molar-refractivity contribution in [1.82, 2.24) is 4.90 Å². The van der Waals surface area contributed by atoms with E-state index in [-0.39, 0.29) is 11.3 Å². The fraction of sp³-hybridized carbons (Fsp3) is 0.333. The van der Waals surface area contributed by atoms with Crippen LogP contribution in [0, 0.1) is 12.7 Å². The van der Waals surface area contributed by atoms with Gasteiger partial charge in [-0.15, -0.1) is 0 Å². The standard InChI is InChI=1S/C24H27FN2O4/c1-15-14-18(31-4)10-11-19(15)22(28)20-21(16-6-8-17(25)9-7-16)27(24(30)23(20)29)13-5-12-26(2)3/h6-11,14,21,28H,5,12-13H2,1-4H3/p+1/b22-20+/t21-/m0/s1. The summed E-state index contributed by atoms with van der Waals surface area (Å²) < 4.78 is 18.7. The van der Waals surface area contributed by atoms with Crippen LogP contribution in [-0.2, 0) is 9.59 Å². The predicted molar refractivity (Wildman–Crippen MR) is 115 cm³/mol. The van der Waals surface area contributed by atoms with Crippen LogP contribution in [-0.4, -0.2) is 56.0 Å². The molecule has 2 N–H and O–H groups in total. The highest BCUT2D eigenvalue weighted by molar-refractivity contribution is 6.46. The molecule has 3 rings (SSSR count). The molecule has 1 amide bonds. The van der Waals surface area contributed by atoms with Gasteiger partial charge < -0.3 is 19.6 Å². The third kappa shape index (κ3) is 4.61. The quantitative estimate of drug-likeness (QED) is 0.403. The number of hydrogen-bond acceptors (Lipinski definition) is 4. The minimum atomic E-state index is -0.778. The lowest BCUT2D eigenvalue weighted by molar-refractivity contribution is -0.858. The molecule has 0 aliphatic carbocycles. The van der Waals surface area contributed by atoms with E-state index in [4.69, 9.17) is 4.74 Å². The van der Waals surface area contributed by atoms with Crippen molar-refractivity contribution in [3.63, 3.8) is 0 Å². The third-order valence-electron chi connectivity index (χ3n) is 5.49. The van der Waals surface area contributed by atoms with E-state index in [2.05, 4.69) is 0 Å². The van der Waals surface area contributed by atoms with Crippen LogP contribution < -0.4 is 9.64 Å². The summed E-state index contributed by atoms with van der Waals surface area (Å²) in [7, 11) is 5.57. The highest BCUT2D eigenvalue weighted by Crippen LogP contribution is 2.40. The van der Waals surface area contributed by atoms with Gasteiger partial charge in [0.2, 0.25) is 0 Å². The Balaban J connectivity index is 2.11. The Labute approximate surface area is 181 Å². The second-order valence-electron chi connectivity index (χ2n) is 8.04. The number of aliphatic hydroxyl groups excluding tert-OH is 1. The van der Waals surface area contributed by atoms with E-state index >= 15 is 0 Å². The first-order valence-electron chi connectivity index (χ1n) is 10.2. The highest BCUT2D eigenvalue weighted by Gasteiger charge is 2.46. The molecule has 1 saturated heterocycles. The van der Waals surface area contributed by atoms with Crippen molar-refractivity contribution in [3.8, 4) is 5.75 Å². The molecular formula is C24H28FN2O4+. The zero-order valence-electron chi connectivity index (χ0n) is 18.2. The van der Waals surface area contributed by atoms with Crippen molar-refractivity contribution in [2.24, 2.45) is 0 Å². The Morgan fingerprint density at radius 1 is 1.16 bits per heavy atom. The zero-order valence-corrected chi connectivity index (χ0v) is 18.2. The Morgan fingerprint density at radius 2 is 1.84 bits per heavy atom. The van der Waals surface area contributed by atoms with E-state index < -0.39 is 23.5 Å². The molecule has 1 atom stereocenters. The summed E-state index contributed by atoms with van der Waals surface area (Å²) in [6.07, 6.45) is 0.689. The van der Waals surface area contributed by atoms with Crippen LogP contribution in [0.4, 0.5) is 4.39 Å². The number of likely N-dealkylation sites (tertiary alicyclic amines) is 1. The molecule has 0 unspecified atom stereocenters. The molecule has 164 valence electrons. The topological polar surface area (TPSA) is 71.3 Å². The number of Topliss-reactive ketones (excluding diaryl/α,β-unsaturated/α-hetero) is 1. The summed E-state index contributed by atoms with van der Waals surface area (Å²) >= 11 is 0. The van der Waals surface area contributed by atoms with Crippen molar-refractivity contribution in [1.29, 1.82) is 0 Å². The maximum Gasteiger partial charge on any atom is 0.295 e. The van der Waals surface area contributed by atoms with Crippen LogP contribution >= 0.6 is 0 Å². The molecule has 1 heterocycles. The van der Waals surface area contributed by atoms with E-state index in [0.29, 0.717) is 35.4 Å². The molecule has 1 aliphatic rings. The molecular weight excluding hydrogens is 399 g/mol. The number of carbonyl (C=O) groups is 2. The number of benzene rings is 2. The van der Waals surface area contributed by atoms with Crippen LogP contribution in [0.3, 0.4) is 0 Å². The molecule has 0 bridgehead atoms. The number of nitrogens with one attached hydrogen (secondary N) is 1. The molecule has 7 heteroatoms. The molecule has 1 fully saturated rings. The van der Waals surface area contributed by atoms with Crippen LogP contribution in [0.25, 0.3) is 5.76 Å². The Hall–Kier alpha value is -3.19. The van der Waals surface area contributed by atoms with Crippen molar-refractivity contribution in [2.75, 3.05) is 34.3 Å². The monoisotopic (exact) mass is 427 g/mol. The second-order valence-corrected chi connectivity index (χ2v) is 8.04. The number of aliphatic hydroxyl groups is 1. The van der Waals surface area contributed by atoms with Gasteiger partial charge in [-0.3, -0.25) is 9.59 Å². The maximum absolute atomic E-state index is 13.5. The van der Waals surface area contributed by atoms with E-state index in [9.17, 15) is 19.1 Å². The molecule has 2 aromatic rings. The van der Waals surface area contributed by atoms with Crippen LogP contribution in [0.1, 0.15) is 29.2 Å². The molecule has 0 aromatic heterocycles. The lowest BCUT2D eigenvalue weighted by Crippen LogP contribution is -3.05. The average Bonchev–Trinajstić information content (AvgIpc) is 2.98. The molecule has 0 saturated carbocycles. The number of hydrogen-bond donors (Lipinski definition) is 2.